The molecule has 1 aromatic rings. The van der Waals surface area contributed by atoms with E-state index in [-0.39, 0.29) is 34.6 Å². The van der Waals surface area contributed by atoms with Gasteiger partial charge in [-0.25, -0.2) is 4.79 Å². The first-order valence-corrected chi connectivity index (χ1v) is 10.8. The van der Waals surface area contributed by atoms with Gasteiger partial charge in [-0.15, -0.1) is 0 Å². The third-order valence-corrected chi connectivity index (χ3v) is 6.70. The van der Waals surface area contributed by atoms with Crippen LogP contribution in [0, 0.1) is 11.8 Å². The maximum Gasteiger partial charge on any atom is 0.440 e. The van der Waals surface area contributed by atoms with Crippen LogP contribution in [-0.4, -0.2) is 62.0 Å². The van der Waals surface area contributed by atoms with E-state index in [2.05, 4.69) is 0 Å². The maximum atomic E-state index is 14.3. The molecule has 3 rings (SSSR count). The molecule has 0 unspecified atom stereocenters. The molecule has 0 spiro atoms. The molecule has 4 amide bonds. The molecule has 1 saturated heterocycles. The fraction of sp³-hybridized carbons (Fsp3) is 0.591. The molecule has 1 saturated carbocycles. The quantitative estimate of drug-likeness (QED) is 0.598. The second-order valence-electron chi connectivity index (χ2n) is 8.56. The van der Waals surface area contributed by atoms with E-state index in [0.29, 0.717) is 17.7 Å². The van der Waals surface area contributed by atoms with Crippen molar-refractivity contribution in [1.29, 1.82) is 0 Å². The van der Waals surface area contributed by atoms with E-state index in [1.807, 2.05) is 6.92 Å². The Morgan fingerprint density at radius 2 is 1.68 bits per heavy atom. The number of nitrogens with zero attached hydrogens (tertiary/aromatic N) is 1. The number of urea groups is 1. The highest BCUT2D eigenvalue weighted by Crippen LogP contribution is 2.41. The fourth-order valence-electron chi connectivity index (χ4n) is 4.57. The minimum atomic E-state index is -5.31. The van der Waals surface area contributed by atoms with Gasteiger partial charge in [0.25, 0.3) is 17.5 Å². The largest absolute Gasteiger partial charge is 0.493 e. The zero-order valence-corrected chi connectivity index (χ0v) is 19.5. The molecule has 0 aromatic heterocycles. The van der Waals surface area contributed by atoms with Crippen LogP contribution >= 0.6 is 0 Å². The van der Waals surface area contributed by atoms with Crippen molar-refractivity contribution in [2.24, 2.45) is 11.8 Å². The van der Waals surface area contributed by atoms with Crippen LogP contribution in [0.3, 0.4) is 0 Å². The van der Waals surface area contributed by atoms with E-state index >= 15 is 0 Å². The van der Waals surface area contributed by atoms with Gasteiger partial charge < -0.3 is 19.5 Å². The SMILES string of the molecule is COc1cc(C(=O)N[C@]2(C(F)(F)F)NC(=O)N([C@@H]3CCC[C@H](C)[C@@H]3C)C2=O)cc(OC)c1OC. The summed E-state index contributed by atoms with van der Waals surface area (Å²) >= 11 is 0. The molecule has 188 valence electrons. The lowest BCUT2D eigenvalue weighted by molar-refractivity contribution is -0.201. The Balaban J connectivity index is 2.00. The van der Waals surface area contributed by atoms with Gasteiger partial charge in [0.15, 0.2) is 11.5 Å². The number of hydrogen-bond acceptors (Lipinski definition) is 6. The smallest absolute Gasteiger partial charge is 0.440 e. The minimum absolute atomic E-state index is 0.0292. The first-order chi connectivity index (χ1) is 15.9. The standard InChI is InChI=1S/C22H28F3N3O6/c1-11-7-6-8-14(12(11)2)28-19(30)21(22(23,24)25,27-20(28)31)26-18(29)13-9-15(32-3)17(34-5)16(10-13)33-4/h9-12,14H,6-8H2,1-5H3,(H,26,29)(H,27,31)/t11-,12-,14+,21-/m0/s1. The van der Waals surface area contributed by atoms with Gasteiger partial charge in [0.05, 0.1) is 21.3 Å². The van der Waals surface area contributed by atoms with Crippen LogP contribution in [0.1, 0.15) is 43.5 Å². The Kier molecular flexibility index (Phi) is 6.90. The summed E-state index contributed by atoms with van der Waals surface area (Å²) < 4.78 is 58.3. The van der Waals surface area contributed by atoms with E-state index in [0.717, 1.165) is 18.6 Å². The molecule has 9 nitrogen and oxygen atoms in total. The number of rotatable bonds is 6. The molecular weight excluding hydrogens is 459 g/mol. The summed E-state index contributed by atoms with van der Waals surface area (Å²) in [6.07, 6.45) is -3.40. The number of carbonyl (C=O) groups is 3. The Morgan fingerprint density at radius 1 is 1.09 bits per heavy atom. The van der Waals surface area contributed by atoms with Crippen molar-refractivity contribution in [3.05, 3.63) is 17.7 Å². The van der Waals surface area contributed by atoms with Gasteiger partial charge >= 0.3 is 12.2 Å². The summed E-state index contributed by atoms with van der Waals surface area (Å²) in [4.78, 5) is 39.4. The topological polar surface area (TPSA) is 106 Å². The highest BCUT2D eigenvalue weighted by atomic mass is 19.4. The summed E-state index contributed by atoms with van der Waals surface area (Å²) in [6.45, 7) is 3.73. The van der Waals surface area contributed by atoms with Crippen molar-refractivity contribution < 1.29 is 41.8 Å². The lowest BCUT2D eigenvalue weighted by atomic mass is 9.77. The van der Waals surface area contributed by atoms with Crippen LogP contribution in [0.2, 0.25) is 0 Å². The van der Waals surface area contributed by atoms with E-state index in [1.165, 1.54) is 21.3 Å². The van der Waals surface area contributed by atoms with Gasteiger partial charge in [-0.3, -0.25) is 19.8 Å². The van der Waals surface area contributed by atoms with Crippen LogP contribution in [-0.2, 0) is 4.79 Å². The average Bonchev–Trinajstić information content (AvgIpc) is 3.04. The van der Waals surface area contributed by atoms with Crippen molar-refractivity contribution in [2.75, 3.05) is 21.3 Å². The van der Waals surface area contributed by atoms with Gasteiger partial charge in [0, 0.05) is 11.6 Å². The van der Waals surface area contributed by atoms with E-state index in [9.17, 15) is 27.6 Å². The predicted molar refractivity (Wildman–Crippen MR) is 114 cm³/mol. The van der Waals surface area contributed by atoms with Crippen LogP contribution in [0.15, 0.2) is 12.1 Å². The normalized spacial score (nSPS) is 27.3. The highest BCUT2D eigenvalue weighted by molar-refractivity contribution is 6.10. The van der Waals surface area contributed by atoms with Gasteiger partial charge in [-0.1, -0.05) is 26.7 Å². The molecule has 1 aromatic carbocycles. The lowest BCUT2D eigenvalue weighted by Gasteiger charge is -2.38. The zero-order valence-electron chi connectivity index (χ0n) is 19.5. The van der Waals surface area contributed by atoms with E-state index < -0.39 is 35.7 Å². The molecule has 2 N–H and O–H groups in total. The number of ether oxygens (including phenoxy) is 3. The molecule has 2 aliphatic rings. The van der Waals surface area contributed by atoms with Gasteiger partial charge in [-0.2, -0.15) is 13.2 Å². The molecule has 0 bridgehead atoms. The number of methoxy groups -OCH3 is 3. The molecule has 12 heteroatoms. The second-order valence-corrected chi connectivity index (χ2v) is 8.56. The number of carbonyl (C=O) groups excluding carboxylic acids is 3. The summed E-state index contributed by atoms with van der Waals surface area (Å²) in [6, 6.07) is 0.382. The lowest BCUT2D eigenvalue weighted by Crippen LogP contribution is -2.69. The van der Waals surface area contributed by atoms with Gasteiger partial charge in [0.2, 0.25) is 5.75 Å². The Bertz CT molecular complexity index is 960. The number of halogens is 3. The summed E-state index contributed by atoms with van der Waals surface area (Å²) in [5.41, 5.74) is -3.90. The second kappa shape index (κ2) is 9.22. The molecule has 2 fully saturated rings. The molecule has 4 atom stereocenters. The molecule has 1 aliphatic carbocycles. The van der Waals surface area contributed by atoms with Crippen molar-refractivity contribution in [1.82, 2.24) is 15.5 Å². The van der Waals surface area contributed by atoms with Gasteiger partial charge in [-0.05, 0) is 30.4 Å². The Hall–Kier alpha value is -3.18. The fourth-order valence-corrected chi connectivity index (χ4v) is 4.57. The molecule has 34 heavy (non-hydrogen) atoms. The monoisotopic (exact) mass is 487 g/mol. The number of benzene rings is 1. The van der Waals surface area contributed by atoms with Crippen LogP contribution < -0.4 is 24.8 Å². The van der Waals surface area contributed by atoms with Crippen LogP contribution in [0.25, 0.3) is 0 Å². The molecule has 1 aliphatic heterocycles. The third kappa shape index (κ3) is 4.09. The Labute approximate surface area is 194 Å². The first kappa shape index (κ1) is 25.4. The molecule has 1 heterocycles. The van der Waals surface area contributed by atoms with Crippen LogP contribution in [0.5, 0.6) is 17.2 Å². The number of alkyl halides is 3. The number of imide groups is 1. The maximum absolute atomic E-state index is 14.3. The highest BCUT2D eigenvalue weighted by Gasteiger charge is 2.70. The van der Waals surface area contributed by atoms with Crippen molar-refractivity contribution in [3.8, 4) is 17.2 Å². The predicted octanol–water partition coefficient (Wildman–Crippen LogP) is 3.08. The summed E-state index contributed by atoms with van der Waals surface area (Å²) in [7, 11) is 3.88. The molecular formula is C22H28F3N3O6. The average molecular weight is 487 g/mol. The van der Waals surface area contributed by atoms with E-state index in [1.54, 1.807) is 17.6 Å². The summed E-state index contributed by atoms with van der Waals surface area (Å²) in [5, 5.41) is 3.44. The molecule has 0 radical (unpaired) electrons. The Morgan fingerprint density at radius 3 is 2.18 bits per heavy atom. The number of hydrogen-bond donors (Lipinski definition) is 2. The third-order valence-electron chi connectivity index (χ3n) is 6.70. The van der Waals surface area contributed by atoms with Gasteiger partial charge in [0.1, 0.15) is 0 Å². The van der Waals surface area contributed by atoms with Crippen LogP contribution in [0.4, 0.5) is 18.0 Å². The minimum Gasteiger partial charge on any atom is -0.493 e. The van der Waals surface area contributed by atoms with Crippen molar-refractivity contribution in [3.63, 3.8) is 0 Å². The van der Waals surface area contributed by atoms with Crippen molar-refractivity contribution in [2.45, 2.75) is 51.0 Å². The van der Waals surface area contributed by atoms with E-state index in [4.69, 9.17) is 14.2 Å². The number of amides is 4. The number of nitrogens with one attached hydrogen (secondary N) is 2. The van der Waals surface area contributed by atoms with Crippen molar-refractivity contribution >= 4 is 17.8 Å². The zero-order chi connectivity index (χ0) is 25.4. The summed E-state index contributed by atoms with van der Waals surface area (Å²) in [5.74, 6) is -2.71. The first-order valence-electron chi connectivity index (χ1n) is 10.8.